The van der Waals surface area contributed by atoms with E-state index in [0.717, 1.165) is 31.8 Å². The van der Waals surface area contributed by atoms with Crippen LogP contribution in [0.1, 0.15) is 32.1 Å². The molecular formula is C18H38Cl4N4O2. The molecule has 3 saturated heterocycles. The van der Waals surface area contributed by atoms with Crippen LogP contribution < -0.4 is 5.32 Å². The van der Waals surface area contributed by atoms with Gasteiger partial charge >= 0.3 is 5.97 Å². The molecule has 0 aromatic rings. The zero-order valence-corrected chi connectivity index (χ0v) is 19.9. The fraction of sp³-hybridized carbons (Fsp3) is 0.944. The Balaban J connectivity index is 0. The molecule has 3 aliphatic heterocycles. The van der Waals surface area contributed by atoms with Crippen LogP contribution in [0.4, 0.5) is 0 Å². The highest BCUT2D eigenvalue weighted by Crippen LogP contribution is 2.20. The Morgan fingerprint density at radius 3 is 1.93 bits per heavy atom. The topological polar surface area (TPSA) is 59.1 Å². The van der Waals surface area contributed by atoms with Crippen LogP contribution >= 0.6 is 49.6 Å². The van der Waals surface area contributed by atoms with Crippen LogP contribution in [0.5, 0.6) is 0 Å². The second kappa shape index (κ2) is 16.2. The molecule has 0 aliphatic carbocycles. The fourth-order valence-corrected chi connectivity index (χ4v) is 4.52. The van der Waals surface area contributed by atoms with Crippen molar-refractivity contribution in [3.8, 4) is 0 Å². The Morgan fingerprint density at radius 1 is 0.821 bits per heavy atom. The lowest BCUT2D eigenvalue weighted by Crippen LogP contribution is -2.53. The molecule has 0 aromatic heterocycles. The van der Waals surface area contributed by atoms with Crippen LogP contribution in [0.15, 0.2) is 0 Å². The summed E-state index contributed by atoms with van der Waals surface area (Å²) >= 11 is 0. The number of carboxylic acids is 1. The van der Waals surface area contributed by atoms with Gasteiger partial charge in [0, 0.05) is 45.3 Å². The summed E-state index contributed by atoms with van der Waals surface area (Å²) in [5.74, 6) is 0.235. The molecule has 2 N–H and O–H groups in total. The number of hydrogen-bond acceptors (Lipinski definition) is 5. The first-order chi connectivity index (χ1) is 11.7. The van der Waals surface area contributed by atoms with Gasteiger partial charge in [0.1, 0.15) is 0 Å². The minimum Gasteiger partial charge on any atom is -0.480 e. The van der Waals surface area contributed by atoms with Crippen LogP contribution in [-0.2, 0) is 4.79 Å². The van der Waals surface area contributed by atoms with Gasteiger partial charge in [-0.25, -0.2) is 0 Å². The minimum absolute atomic E-state index is 0. The number of likely N-dealkylation sites (tertiary alicyclic amines) is 1. The van der Waals surface area contributed by atoms with Crippen molar-refractivity contribution < 1.29 is 9.90 Å². The quantitative estimate of drug-likeness (QED) is 0.604. The molecule has 0 spiro atoms. The van der Waals surface area contributed by atoms with Crippen molar-refractivity contribution in [3.05, 3.63) is 0 Å². The van der Waals surface area contributed by atoms with Gasteiger partial charge in [-0.15, -0.1) is 49.6 Å². The van der Waals surface area contributed by atoms with Gasteiger partial charge in [-0.05, 0) is 57.7 Å². The summed E-state index contributed by atoms with van der Waals surface area (Å²) in [7, 11) is 0. The van der Waals surface area contributed by atoms with Crippen LogP contribution in [0, 0.1) is 5.92 Å². The number of nitrogens with zero attached hydrogens (tertiary/aromatic N) is 3. The van der Waals surface area contributed by atoms with Gasteiger partial charge < -0.3 is 15.3 Å². The average Bonchev–Trinajstić information content (AvgIpc) is 2.62. The Bertz CT molecular complexity index is 401. The summed E-state index contributed by atoms with van der Waals surface area (Å²) in [6.07, 6.45) is 6.34. The van der Waals surface area contributed by atoms with Gasteiger partial charge in [0.05, 0.1) is 6.54 Å². The molecule has 3 aliphatic rings. The maximum Gasteiger partial charge on any atom is 0.317 e. The lowest BCUT2D eigenvalue weighted by molar-refractivity contribution is -0.138. The molecule has 0 atom stereocenters. The van der Waals surface area contributed by atoms with E-state index in [1.165, 1.54) is 65.1 Å². The maximum absolute atomic E-state index is 10.8. The third-order valence-electron chi connectivity index (χ3n) is 6.15. The predicted octanol–water partition coefficient (Wildman–Crippen LogP) is 2.23. The molecule has 0 aromatic carbocycles. The smallest absolute Gasteiger partial charge is 0.317 e. The first kappa shape index (κ1) is 30.7. The zero-order valence-electron chi connectivity index (χ0n) is 16.6. The van der Waals surface area contributed by atoms with E-state index in [9.17, 15) is 4.79 Å². The molecule has 0 bridgehead atoms. The lowest BCUT2D eigenvalue weighted by atomic mass is 9.94. The van der Waals surface area contributed by atoms with Crippen molar-refractivity contribution in [3.63, 3.8) is 0 Å². The van der Waals surface area contributed by atoms with Crippen LogP contribution in [0.25, 0.3) is 0 Å². The Morgan fingerprint density at radius 2 is 1.39 bits per heavy atom. The van der Waals surface area contributed by atoms with E-state index in [1.54, 1.807) is 0 Å². The van der Waals surface area contributed by atoms with E-state index < -0.39 is 5.97 Å². The number of piperazine rings is 1. The summed E-state index contributed by atoms with van der Waals surface area (Å²) in [6, 6.07) is 0.668. The number of aliphatic carboxylic acids is 1. The lowest BCUT2D eigenvalue weighted by Gasteiger charge is -2.42. The van der Waals surface area contributed by atoms with E-state index in [4.69, 9.17) is 5.11 Å². The number of rotatable bonds is 6. The Kier molecular flexibility index (Phi) is 17.7. The van der Waals surface area contributed by atoms with Gasteiger partial charge in [0.2, 0.25) is 0 Å². The molecule has 3 rings (SSSR count). The Labute approximate surface area is 194 Å². The normalized spacial score (nSPS) is 22.9. The maximum atomic E-state index is 10.8. The largest absolute Gasteiger partial charge is 0.480 e. The average molecular weight is 484 g/mol. The van der Waals surface area contributed by atoms with Gasteiger partial charge in [0.15, 0.2) is 0 Å². The van der Waals surface area contributed by atoms with Gasteiger partial charge in [-0.1, -0.05) is 0 Å². The van der Waals surface area contributed by atoms with E-state index in [1.807, 2.05) is 0 Å². The molecule has 6 nitrogen and oxygen atoms in total. The van der Waals surface area contributed by atoms with Crippen molar-refractivity contribution in [1.82, 2.24) is 20.0 Å². The zero-order chi connectivity index (χ0) is 16.8. The summed E-state index contributed by atoms with van der Waals surface area (Å²) in [4.78, 5) is 18.2. The van der Waals surface area contributed by atoms with E-state index >= 15 is 0 Å². The van der Waals surface area contributed by atoms with Gasteiger partial charge in [-0.2, -0.15) is 0 Å². The first-order valence-electron chi connectivity index (χ1n) is 9.82. The molecule has 28 heavy (non-hydrogen) atoms. The van der Waals surface area contributed by atoms with Crippen molar-refractivity contribution in [2.45, 2.75) is 38.1 Å². The van der Waals surface area contributed by atoms with E-state index in [0.29, 0.717) is 6.04 Å². The Hall–Kier alpha value is 0.470. The second-order valence-corrected chi connectivity index (χ2v) is 7.76. The fourth-order valence-electron chi connectivity index (χ4n) is 4.52. The molecule has 10 heteroatoms. The standard InChI is InChI=1S/C18H34N4O2.4ClH/c23-18(24)15-21-9-4-17(5-10-21)22-13-11-20(12-14-22)8-3-16-1-6-19-7-2-16;;;;/h16-17,19H,1-15H2,(H,23,24);4*1H. The minimum atomic E-state index is -0.698. The molecule has 0 saturated carbocycles. The van der Waals surface area contributed by atoms with Gasteiger partial charge in [-0.3, -0.25) is 14.6 Å². The molecule has 0 unspecified atom stereocenters. The molecule has 3 heterocycles. The molecule has 0 radical (unpaired) electrons. The van der Waals surface area contributed by atoms with Crippen molar-refractivity contribution >= 4 is 55.6 Å². The predicted molar refractivity (Wildman–Crippen MR) is 124 cm³/mol. The summed E-state index contributed by atoms with van der Waals surface area (Å²) in [6.45, 7) is 10.6. The van der Waals surface area contributed by atoms with Crippen molar-refractivity contribution in [1.29, 1.82) is 0 Å². The number of halogens is 4. The van der Waals surface area contributed by atoms with Crippen LogP contribution in [0.3, 0.4) is 0 Å². The second-order valence-electron chi connectivity index (χ2n) is 7.76. The number of carboxylic acid groups (broad SMARTS) is 1. The highest BCUT2D eigenvalue weighted by Gasteiger charge is 2.28. The summed E-state index contributed by atoms with van der Waals surface area (Å²) in [5.41, 5.74) is 0. The van der Waals surface area contributed by atoms with Crippen molar-refractivity contribution in [2.75, 3.05) is 65.4 Å². The van der Waals surface area contributed by atoms with Crippen LogP contribution in [0.2, 0.25) is 0 Å². The first-order valence-corrected chi connectivity index (χ1v) is 9.82. The number of nitrogens with one attached hydrogen (secondary N) is 1. The molecule has 170 valence electrons. The third kappa shape index (κ3) is 9.98. The highest BCUT2D eigenvalue weighted by molar-refractivity contribution is 5.86. The summed E-state index contributed by atoms with van der Waals surface area (Å²) in [5, 5.41) is 12.3. The van der Waals surface area contributed by atoms with Gasteiger partial charge in [0.25, 0.3) is 0 Å². The third-order valence-corrected chi connectivity index (χ3v) is 6.15. The van der Waals surface area contributed by atoms with Crippen LogP contribution in [-0.4, -0.2) is 97.3 Å². The van der Waals surface area contributed by atoms with E-state index in [-0.39, 0.29) is 56.2 Å². The van der Waals surface area contributed by atoms with Crippen molar-refractivity contribution in [2.24, 2.45) is 5.92 Å². The molecule has 3 fully saturated rings. The van der Waals surface area contributed by atoms with E-state index in [2.05, 4.69) is 20.0 Å². The highest BCUT2D eigenvalue weighted by atomic mass is 35.5. The number of carbonyl (C=O) groups is 1. The molecular weight excluding hydrogens is 446 g/mol. The molecule has 0 amide bonds. The number of piperidine rings is 2. The SMILES string of the molecule is Cl.Cl.Cl.Cl.O=C(O)CN1CCC(N2CCN(CCC3CCNCC3)CC2)CC1. The summed E-state index contributed by atoms with van der Waals surface area (Å²) < 4.78 is 0. The monoisotopic (exact) mass is 482 g/mol. The number of hydrogen-bond donors (Lipinski definition) is 2.